The highest BCUT2D eigenvalue weighted by atomic mass is 16.5. The maximum Gasteiger partial charge on any atom is 0.291 e. The van der Waals surface area contributed by atoms with Gasteiger partial charge in [-0.15, -0.1) is 0 Å². The van der Waals surface area contributed by atoms with Crippen molar-refractivity contribution in [3.63, 3.8) is 0 Å². The van der Waals surface area contributed by atoms with Gasteiger partial charge in [-0.2, -0.15) is 0 Å². The molecule has 1 amide bonds. The van der Waals surface area contributed by atoms with E-state index in [-0.39, 0.29) is 23.2 Å². The SMILES string of the molecule is CCCCCCOc1ccc(C2c3c(oc4cc(C)c(C)cc4c3=O)C(=O)N2CC2CCCO2)cc1OC. The highest BCUT2D eigenvalue weighted by Crippen LogP contribution is 2.41. The van der Waals surface area contributed by atoms with Gasteiger partial charge in [-0.1, -0.05) is 32.3 Å². The van der Waals surface area contributed by atoms with Crippen LogP contribution in [0.2, 0.25) is 0 Å². The molecule has 2 atom stereocenters. The Morgan fingerprint density at radius 1 is 1.03 bits per heavy atom. The summed E-state index contributed by atoms with van der Waals surface area (Å²) in [5.41, 5.74) is 3.43. The van der Waals surface area contributed by atoms with E-state index in [1.165, 1.54) is 12.8 Å². The van der Waals surface area contributed by atoms with E-state index >= 15 is 0 Å². The normalized spacial score (nSPS) is 18.8. The average Bonchev–Trinajstić information content (AvgIpc) is 3.52. The summed E-state index contributed by atoms with van der Waals surface area (Å²) in [5.74, 6) is 1.06. The third-order valence-corrected chi connectivity index (χ3v) is 7.77. The van der Waals surface area contributed by atoms with E-state index in [1.54, 1.807) is 12.0 Å². The Morgan fingerprint density at radius 3 is 2.58 bits per heavy atom. The monoisotopic (exact) mass is 519 g/mol. The topological polar surface area (TPSA) is 78.2 Å². The molecule has 202 valence electrons. The molecule has 2 aliphatic heterocycles. The van der Waals surface area contributed by atoms with E-state index in [4.69, 9.17) is 18.6 Å². The van der Waals surface area contributed by atoms with Crippen molar-refractivity contribution in [1.82, 2.24) is 4.90 Å². The van der Waals surface area contributed by atoms with Gasteiger partial charge in [0.1, 0.15) is 5.58 Å². The molecule has 0 saturated carbocycles. The average molecular weight is 520 g/mol. The summed E-state index contributed by atoms with van der Waals surface area (Å²) in [6.45, 7) is 7.81. The van der Waals surface area contributed by atoms with E-state index < -0.39 is 6.04 Å². The third kappa shape index (κ3) is 4.92. The van der Waals surface area contributed by atoms with Crippen molar-refractivity contribution in [1.29, 1.82) is 0 Å². The molecule has 3 aromatic rings. The number of ether oxygens (including phenoxy) is 3. The molecule has 0 radical (unpaired) electrons. The predicted octanol–water partition coefficient (Wildman–Crippen LogP) is 6.10. The number of carbonyl (C=O) groups is 1. The lowest BCUT2D eigenvalue weighted by atomic mass is 9.97. The molecule has 5 rings (SSSR count). The number of fused-ring (bicyclic) bond motifs is 2. The maximum absolute atomic E-state index is 13.9. The molecule has 3 heterocycles. The van der Waals surface area contributed by atoms with Crippen molar-refractivity contribution in [2.24, 2.45) is 0 Å². The minimum atomic E-state index is -0.600. The highest BCUT2D eigenvalue weighted by molar-refractivity contribution is 5.99. The van der Waals surface area contributed by atoms with Crippen molar-refractivity contribution < 1.29 is 23.4 Å². The number of nitrogens with zero attached hydrogens (tertiary/aromatic N) is 1. The summed E-state index contributed by atoms with van der Waals surface area (Å²) in [6, 6.07) is 8.77. The standard InChI is InChI=1S/C31H37NO6/c1-5-6-7-8-13-37-24-12-11-21(17-26(24)35-4)28-27-29(33)23-15-19(2)20(3)16-25(23)38-30(27)31(34)32(28)18-22-10-9-14-36-22/h11-12,15-17,22,28H,5-10,13-14,18H2,1-4H3. The van der Waals surface area contributed by atoms with Crippen LogP contribution in [0.1, 0.15) is 84.3 Å². The summed E-state index contributed by atoms with van der Waals surface area (Å²) in [6.07, 6.45) is 6.22. The van der Waals surface area contributed by atoms with Crippen LogP contribution in [0.15, 0.2) is 39.5 Å². The van der Waals surface area contributed by atoms with Crippen molar-refractivity contribution in [2.75, 3.05) is 26.9 Å². The van der Waals surface area contributed by atoms with Gasteiger partial charge in [0.15, 0.2) is 16.9 Å². The molecule has 0 N–H and O–H groups in total. The van der Waals surface area contributed by atoms with E-state index in [0.29, 0.717) is 47.8 Å². The predicted molar refractivity (Wildman–Crippen MR) is 146 cm³/mol. The Hall–Kier alpha value is -3.32. The van der Waals surface area contributed by atoms with Gasteiger partial charge in [0.25, 0.3) is 5.91 Å². The lowest BCUT2D eigenvalue weighted by molar-refractivity contribution is 0.0486. The second kappa shape index (κ2) is 11.2. The number of aryl methyl sites for hydroxylation is 2. The van der Waals surface area contributed by atoms with Crippen molar-refractivity contribution in [3.05, 3.63) is 68.6 Å². The minimum Gasteiger partial charge on any atom is -0.493 e. The number of unbranched alkanes of at least 4 members (excludes halogenated alkanes) is 3. The van der Waals surface area contributed by atoms with Gasteiger partial charge in [-0.25, -0.2) is 0 Å². The first-order valence-electron chi connectivity index (χ1n) is 13.7. The number of rotatable bonds is 10. The lowest BCUT2D eigenvalue weighted by Gasteiger charge is -2.28. The van der Waals surface area contributed by atoms with Crippen LogP contribution in [0, 0.1) is 13.8 Å². The van der Waals surface area contributed by atoms with E-state index in [1.807, 2.05) is 44.2 Å². The summed E-state index contributed by atoms with van der Waals surface area (Å²) < 4.78 is 23.7. The summed E-state index contributed by atoms with van der Waals surface area (Å²) in [5, 5.41) is 0.489. The molecule has 0 bridgehead atoms. The Kier molecular flexibility index (Phi) is 7.75. The highest BCUT2D eigenvalue weighted by Gasteiger charge is 2.44. The molecular weight excluding hydrogens is 482 g/mol. The van der Waals surface area contributed by atoms with Crippen LogP contribution < -0.4 is 14.9 Å². The van der Waals surface area contributed by atoms with Crippen molar-refractivity contribution >= 4 is 16.9 Å². The van der Waals surface area contributed by atoms with Gasteiger partial charge in [-0.3, -0.25) is 9.59 Å². The Morgan fingerprint density at radius 2 is 1.84 bits per heavy atom. The molecule has 2 unspecified atom stereocenters. The molecule has 0 spiro atoms. The molecule has 38 heavy (non-hydrogen) atoms. The minimum absolute atomic E-state index is 0.0719. The van der Waals surface area contributed by atoms with Gasteiger partial charge in [0.05, 0.1) is 36.8 Å². The molecule has 2 aliphatic rings. The first-order chi connectivity index (χ1) is 18.4. The van der Waals surface area contributed by atoms with Gasteiger partial charge in [0, 0.05) is 13.2 Å². The fraction of sp³-hybridized carbons (Fsp3) is 0.484. The van der Waals surface area contributed by atoms with Gasteiger partial charge in [0.2, 0.25) is 5.76 Å². The zero-order valence-corrected chi connectivity index (χ0v) is 22.8. The van der Waals surface area contributed by atoms with Crippen LogP contribution in [-0.4, -0.2) is 43.8 Å². The van der Waals surface area contributed by atoms with Gasteiger partial charge < -0.3 is 23.5 Å². The zero-order chi connectivity index (χ0) is 26.8. The van der Waals surface area contributed by atoms with E-state index in [9.17, 15) is 9.59 Å². The van der Waals surface area contributed by atoms with Crippen LogP contribution in [0.4, 0.5) is 0 Å². The summed E-state index contributed by atoms with van der Waals surface area (Å²) in [4.78, 5) is 29.4. The summed E-state index contributed by atoms with van der Waals surface area (Å²) >= 11 is 0. The van der Waals surface area contributed by atoms with Crippen LogP contribution in [0.3, 0.4) is 0 Å². The number of carbonyl (C=O) groups excluding carboxylic acids is 1. The molecule has 1 saturated heterocycles. The fourth-order valence-electron chi connectivity index (χ4n) is 5.50. The van der Waals surface area contributed by atoms with Crippen LogP contribution in [0.5, 0.6) is 11.5 Å². The van der Waals surface area contributed by atoms with Gasteiger partial charge in [-0.05, 0) is 74.1 Å². The number of methoxy groups -OCH3 is 1. The second-order valence-corrected chi connectivity index (χ2v) is 10.4. The number of amides is 1. The molecule has 0 aliphatic carbocycles. The Labute approximate surface area is 223 Å². The first kappa shape index (κ1) is 26.3. The zero-order valence-electron chi connectivity index (χ0n) is 22.8. The molecule has 7 heteroatoms. The molecule has 1 fully saturated rings. The third-order valence-electron chi connectivity index (χ3n) is 7.77. The van der Waals surface area contributed by atoms with Gasteiger partial charge >= 0.3 is 0 Å². The van der Waals surface area contributed by atoms with Crippen LogP contribution in [0.25, 0.3) is 11.0 Å². The quantitative estimate of drug-likeness (QED) is 0.301. The van der Waals surface area contributed by atoms with Crippen molar-refractivity contribution in [3.8, 4) is 11.5 Å². The molecule has 1 aromatic heterocycles. The molecule has 2 aromatic carbocycles. The Balaban J connectivity index is 1.57. The maximum atomic E-state index is 13.9. The summed E-state index contributed by atoms with van der Waals surface area (Å²) in [7, 11) is 1.61. The number of hydrogen-bond acceptors (Lipinski definition) is 6. The fourth-order valence-corrected chi connectivity index (χ4v) is 5.50. The van der Waals surface area contributed by atoms with Crippen LogP contribution in [-0.2, 0) is 4.74 Å². The van der Waals surface area contributed by atoms with E-state index in [0.717, 1.165) is 42.4 Å². The smallest absolute Gasteiger partial charge is 0.291 e. The van der Waals surface area contributed by atoms with Crippen molar-refractivity contribution in [2.45, 2.75) is 71.4 Å². The first-order valence-corrected chi connectivity index (χ1v) is 13.7. The second-order valence-electron chi connectivity index (χ2n) is 10.4. The largest absolute Gasteiger partial charge is 0.493 e. The van der Waals surface area contributed by atoms with Crippen LogP contribution >= 0.6 is 0 Å². The lowest BCUT2D eigenvalue weighted by Crippen LogP contribution is -2.36. The Bertz CT molecular complexity index is 1390. The number of hydrogen-bond donors (Lipinski definition) is 0. The number of benzene rings is 2. The molecule has 7 nitrogen and oxygen atoms in total. The molecular formula is C31H37NO6. The van der Waals surface area contributed by atoms with E-state index in [2.05, 4.69) is 6.92 Å².